The predicted molar refractivity (Wildman–Crippen MR) is 86.5 cm³/mol. The fourth-order valence-corrected chi connectivity index (χ4v) is 2.48. The van der Waals surface area contributed by atoms with Gasteiger partial charge in [-0.25, -0.2) is 4.79 Å². The number of amides is 2. The molecule has 2 unspecified atom stereocenters. The average molecular weight is 313 g/mol. The Morgan fingerprint density at radius 1 is 1.38 bits per heavy atom. The number of aliphatic hydroxyl groups excluding tert-OH is 1. The summed E-state index contributed by atoms with van der Waals surface area (Å²) >= 11 is 5.95. The number of halogens is 1. The minimum absolute atomic E-state index is 0.105. The Morgan fingerprint density at radius 2 is 2.14 bits per heavy atom. The first-order chi connectivity index (χ1) is 10.1. The van der Waals surface area contributed by atoms with Crippen LogP contribution in [0.3, 0.4) is 0 Å². The van der Waals surface area contributed by atoms with Gasteiger partial charge in [0, 0.05) is 18.2 Å². The zero-order valence-electron chi connectivity index (χ0n) is 12.7. The van der Waals surface area contributed by atoms with Gasteiger partial charge in [0.15, 0.2) is 0 Å². The van der Waals surface area contributed by atoms with Crippen LogP contribution in [0.25, 0.3) is 0 Å². The first-order valence-corrected chi connectivity index (χ1v) is 7.85. The lowest BCUT2D eigenvalue weighted by atomic mass is 10.0. The van der Waals surface area contributed by atoms with Gasteiger partial charge in [0.05, 0.1) is 6.04 Å². The fourth-order valence-electron chi connectivity index (χ4n) is 2.28. The van der Waals surface area contributed by atoms with Crippen molar-refractivity contribution in [3.8, 4) is 0 Å². The third kappa shape index (κ3) is 6.82. The molecule has 3 N–H and O–H groups in total. The van der Waals surface area contributed by atoms with E-state index in [1.54, 1.807) is 0 Å². The van der Waals surface area contributed by atoms with E-state index >= 15 is 0 Å². The third-order valence-electron chi connectivity index (χ3n) is 3.48. The van der Waals surface area contributed by atoms with Crippen LogP contribution in [-0.2, 0) is 0 Å². The van der Waals surface area contributed by atoms with Crippen LogP contribution in [0.5, 0.6) is 0 Å². The van der Waals surface area contributed by atoms with Crippen molar-refractivity contribution in [3.05, 3.63) is 34.9 Å². The SMILES string of the molecule is CCCC(CCO)CNC(=O)NC(C)c1cccc(Cl)c1. The van der Waals surface area contributed by atoms with Crippen LogP contribution >= 0.6 is 11.6 Å². The Bertz CT molecular complexity index is 434. The van der Waals surface area contributed by atoms with Crippen molar-refractivity contribution in [3.63, 3.8) is 0 Å². The molecule has 0 saturated heterocycles. The van der Waals surface area contributed by atoms with Crippen molar-refractivity contribution >= 4 is 17.6 Å². The molecule has 0 aromatic heterocycles. The number of rotatable bonds is 8. The number of carbonyl (C=O) groups excluding carboxylic acids is 1. The lowest BCUT2D eigenvalue weighted by Gasteiger charge is -2.18. The molecule has 0 aliphatic carbocycles. The molecule has 0 heterocycles. The molecule has 0 bridgehead atoms. The summed E-state index contributed by atoms with van der Waals surface area (Å²) in [4.78, 5) is 11.9. The largest absolute Gasteiger partial charge is 0.396 e. The van der Waals surface area contributed by atoms with Crippen molar-refractivity contribution in [2.75, 3.05) is 13.2 Å². The zero-order chi connectivity index (χ0) is 15.7. The quantitative estimate of drug-likeness (QED) is 0.688. The Balaban J connectivity index is 2.42. The highest BCUT2D eigenvalue weighted by molar-refractivity contribution is 6.30. The third-order valence-corrected chi connectivity index (χ3v) is 3.72. The maximum Gasteiger partial charge on any atom is 0.315 e. The van der Waals surface area contributed by atoms with Gasteiger partial charge in [-0.3, -0.25) is 0 Å². The van der Waals surface area contributed by atoms with Crippen LogP contribution in [0, 0.1) is 5.92 Å². The lowest BCUT2D eigenvalue weighted by molar-refractivity contribution is 0.227. The summed E-state index contributed by atoms with van der Waals surface area (Å²) in [5.41, 5.74) is 0.970. The smallest absolute Gasteiger partial charge is 0.315 e. The predicted octanol–water partition coefficient (Wildman–Crippen LogP) is 3.50. The summed E-state index contributed by atoms with van der Waals surface area (Å²) in [5.74, 6) is 0.326. The van der Waals surface area contributed by atoms with Crippen LogP contribution in [0.1, 0.15) is 44.7 Å². The number of hydrogen-bond acceptors (Lipinski definition) is 2. The lowest BCUT2D eigenvalue weighted by Crippen LogP contribution is -2.39. The molecule has 0 saturated carbocycles. The van der Waals surface area contributed by atoms with Gasteiger partial charge in [-0.15, -0.1) is 0 Å². The van der Waals surface area contributed by atoms with E-state index in [4.69, 9.17) is 16.7 Å². The molecule has 2 atom stereocenters. The molecular formula is C16H25ClN2O2. The fraction of sp³-hybridized carbons (Fsp3) is 0.562. The molecule has 0 fully saturated rings. The van der Waals surface area contributed by atoms with Crippen molar-refractivity contribution in [2.24, 2.45) is 5.92 Å². The van der Waals surface area contributed by atoms with E-state index in [0.717, 1.165) is 24.8 Å². The average Bonchev–Trinajstić information content (AvgIpc) is 2.45. The van der Waals surface area contributed by atoms with Gasteiger partial charge < -0.3 is 15.7 Å². The number of benzene rings is 1. The van der Waals surface area contributed by atoms with E-state index in [1.807, 2.05) is 31.2 Å². The van der Waals surface area contributed by atoms with Gasteiger partial charge in [-0.05, 0) is 43.4 Å². The van der Waals surface area contributed by atoms with Gasteiger partial charge in [-0.2, -0.15) is 0 Å². The van der Waals surface area contributed by atoms with Gasteiger partial charge in [0.25, 0.3) is 0 Å². The standard InChI is InChI=1S/C16H25ClN2O2/c1-3-5-13(8-9-20)11-18-16(21)19-12(2)14-6-4-7-15(17)10-14/h4,6-7,10,12-13,20H,3,5,8-9,11H2,1-2H3,(H2,18,19,21). The maximum atomic E-state index is 11.9. The summed E-state index contributed by atoms with van der Waals surface area (Å²) < 4.78 is 0. The molecule has 4 nitrogen and oxygen atoms in total. The molecule has 0 radical (unpaired) electrons. The van der Waals surface area contributed by atoms with Gasteiger partial charge in [0.1, 0.15) is 0 Å². The van der Waals surface area contributed by atoms with Gasteiger partial charge in [0.2, 0.25) is 0 Å². The van der Waals surface area contributed by atoms with Crippen LogP contribution in [0.4, 0.5) is 4.79 Å². The Kier molecular flexibility index (Phi) is 8.16. The Labute approximate surface area is 131 Å². The first-order valence-electron chi connectivity index (χ1n) is 7.47. The second-order valence-electron chi connectivity index (χ2n) is 5.30. The van der Waals surface area contributed by atoms with E-state index in [0.29, 0.717) is 17.5 Å². The highest BCUT2D eigenvalue weighted by atomic mass is 35.5. The molecule has 0 spiro atoms. The molecule has 2 amide bonds. The van der Waals surface area contributed by atoms with E-state index in [2.05, 4.69) is 17.6 Å². The number of nitrogens with one attached hydrogen (secondary N) is 2. The molecular weight excluding hydrogens is 288 g/mol. The molecule has 0 aliphatic rings. The van der Waals surface area contributed by atoms with E-state index in [-0.39, 0.29) is 18.7 Å². The monoisotopic (exact) mass is 312 g/mol. The van der Waals surface area contributed by atoms with Crippen molar-refractivity contribution in [2.45, 2.75) is 39.2 Å². The molecule has 1 aromatic carbocycles. The first kappa shape index (κ1) is 17.8. The molecule has 21 heavy (non-hydrogen) atoms. The summed E-state index contributed by atoms with van der Waals surface area (Å²) in [6.07, 6.45) is 2.77. The molecule has 118 valence electrons. The highest BCUT2D eigenvalue weighted by Crippen LogP contribution is 2.17. The van der Waals surface area contributed by atoms with Crippen LogP contribution in [0.15, 0.2) is 24.3 Å². The van der Waals surface area contributed by atoms with Crippen LogP contribution < -0.4 is 10.6 Å². The van der Waals surface area contributed by atoms with E-state index in [9.17, 15) is 4.79 Å². The second kappa shape index (κ2) is 9.64. The molecule has 5 heteroatoms. The van der Waals surface area contributed by atoms with Gasteiger partial charge >= 0.3 is 6.03 Å². The molecule has 1 rings (SSSR count). The summed E-state index contributed by atoms with van der Waals surface area (Å²) in [5, 5.41) is 15.4. The molecule has 0 aliphatic heterocycles. The number of aliphatic hydroxyl groups is 1. The minimum Gasteiger partial charge on any atom is -0.396 e. The number of urea groups is 1. The number of carbonyl (C=O) groups is 1. The van der Waals surface area contributed by atoms with Crippen molar-refractivity contribution in [1.29, 1.82) is 0 Å². The second-order valence-corrected chi connectivity index (χ2v) is 5.73. The summed E-state index contributed by atoms with van der Waals surface area (Å²) in [6.45, 7) is 4.77. The zero-order valence-corrected chi connectivity index (χ0v) is 13.5. The normalized spacial score (nSPS) is 13.5. The Hall–Kier alpha value is -1.26. The topological polar surface area (TPSA) is 61.4 Å². The molecule has 1 aromatic rings. The Morgan fingerprint density at radius 3 is 2.76 bits per heavy atom. The number of hydrogen-bond donors (Lipinski definition) is 3. The maximum absolute atomic E-state index is 11.9. The van der Waals surface area contributed by atoms with Crippen molar-refractivity contribution < 1.29 is 9.90 Å². The van der Waals surface area contributed by atoms with E-state index in [1.165, 1.54) is 0 Å². The minimum atomic E-state index is -0.193. The summed E-state index contributed by atoms with van der Waals surface area (Å²) in [7, 11) is 0. The van der Waals surface area contributed by atoms with Crippen LogP contribution in [0.2, 0.25) is 5.02 Å². The van der Waals surface area contributed by atoms with Crippen LogP contribution in [-0.4, -0.2) is 24.3 Å². The van der Waals surface area contributed by atoms with Gasteiger partial charge in [-0.1, -0.05) is 37.1 Å². The van der Waals surface area contributed by atoms with Crippen molar-refractivity contribution in [1.82, 2.24) is 10.6 Å². The summed E-state index contributed by atoms with van der Waals surface area (Å²) in [6, 6.07) is 7.15. The van der Waals surface area contributed by atoms with E-state index < -0.39 is 0 Å². The highest BCUT2D eigenvalue weighted by Gasteiger charge is 2.12.